The summed E-state index contributed by atoms with van der Waals surface area (Å²) in [6, 6.07) is 0.0124. The molecule has 98 valence electrons. The van der Waals surface area contributed by atoms with Crippen molar-refractivity contribution in [3.8, 4) is 0 Å². The van der Waals surface area contributed by atoms with Crippen LogP contribution in [0.15, 0.2) is 0 Å². The molecule has 0 aromatic carbocycles. The molecule has 1 heterocycles. The van der Waals surface area contributed by atoms with E-state index in [4.69, 9.17) is 4.74 Å². The fourth-order valence-electron chi connectivity index (χ4n) is 2.66. The molecule has 2 atom stereocenters. The van der Waals surface area contributed by atoms with Gasteiger partial charge in [0.1, 0.15) is 0 Å². The molecule has 1 aliphatic carbocycles. The third-order valence-corrected chi connectivity index (χ3v) is 3.77. The molecule has 0 radical (unpaired) electrons. The maximum atomic E-state index is 12.2. The molecule has 0 spiro atoms. The number of hydrogen-bond donors (Lipinski definition) is 1. The number of hydrogen-bond acceptors (Lipinski definition) is 3. The number of nitrogens with zero attached hydrogens (tertiary/aromatic N) is 2. The van der Waals surface area contributed by atoms with Gasteiger partial charge in [-0.15, -0.1) is 0 Å². The maximum absolute atomic E-state index is 12.2. The first-order valence-electron chi connectivity index (χ1n) is 6.47. The zero-order chi connectivity index (χ0) is 12.3. The van der Waals surface area contributed by atoms with Gasteiger partial charge >= 0.3 is 6.03 Å². The fourth-order valence-corrected chi connectivity index (χ4v) is 2.66. The molecule has 1 saturated carbocycles. The molecule has 5 nitrogen and oxygen atoms in total. The average Bonchev–Trinajstić information content (AvgIpc) is 2.39. The van der Waals surface area contributed by atoms with Crippen LogP contribution >= 0.6 is 0 Å². The van der Waals surface area contributed by atoms with Crippen molar-refractivity contribution in [1.29, 1.82) is 0 Å². The Morgan fingerprint density at radius 2 is 1.94 bits per heavy atom. The minimum Gasteiger partial charge on any atom is -0.391 e. The largest absolute Gasteiger partial charge is 0.391 e. The van der Waals surface area contributed by atoms with Crippen molar-refractivity contribution in [2.75, 3.05) is 33.4 Å². The molecule has 17 heavy (non-hydrogen) atoms. The van der Waals surface area contributed by atoms with Crippen LogP contribution in [-0.4, -0.2) is 66.4 Å². The summed E-state index contributed by atoms with van der Waals surface area (Å²) < 4.78 is 5.23. The number of aliphatic hydroxyl groups excluding tert-OH is 1. The van der Waals surface area contributed by atoms with Gasteiger partial charge in [0.15, 0.2) is 0 Å². The summed E-state index contributed by atoms with van der Waals surface area (Å²) in [5.41, 5.74) is 0. The Morgan fingerprint density at radius 3 is 2.59 bits per heavy atom. The van der Waals surface area contributed by atoms with Gasteiger partial charge in [0.25, 0.3) is 0 Å². The van der Waals surface area contributed by atoms with E-state index in [1.165, 1.54) is 0 Å². The molecule has 0 aromatic rings. The van der Waals surface area contributed by atoms with Crippen molar-refractivity contribution in [1.82, 2.24) is 9.80 Å². The minimum atomic E-state index is -0.362. The third-order valence-electron chi connectivity index (χ3n) is 3.77. The quantitative estimate of drug-likeness (QED) is 0.735. The summed E-state index contributed by atoms with van der Waals surface area (Å²) in [6.07, 6.45) is 3.53. The Hall–Kier alpha value is -0.810. The van der Waals surface area contributed by atoms with Gasteiger partial charge < -0.3 is 19.6 Å². The number of carbonyl (C=O) groups is 1. The molecule has 1 aliphatic heterocycles. The lowest BCUT2D eigenvalue weighted by Gasteiger charge is -2.38. The van der Waals surface area contributed by atoms with Gasteiger partial charge in [-0.05, 0) is 12.8 Å². The summed E-state index contributed by atoms with van der Waals surface area (Å²) in [5.74, 6) is 0. The van der Waals surface area contributed by atoms with E-state index in [0.29, 0.717) is 26.3 Å². The Balaban J connectivity index is 1.92. The summed E-state index contributed by atoms with van der Waals surface area (Å²) in [6.45, 7) is 2.55. The second-order valence-corrected chi connectivity index (χ2v) is 4.91. The van der Waals surface area contributed by atoms with Crippen LogP contribution in [0.4, 0.5) is 4.79 Å². The summed E-state index contributed by atoms with van der Waals surface area (Å²) in [4.78, 5) is 15.8. The number of urea groups is 1. The average molecular weight is 242 g/mol. The van der Waals surface area contributed by atoms with Gasteiger partial charge in [-0.2, -0.15) is 0 Å². The molecule has 5 heteroatoms. The molecule has 0 bridgehead atoms. The van der Waals surface area contributed by atoms with E-state index in [1.54, 1.807) is 11.9 Å². The molecule has 1 saturated heterocycles. The first-order chi connectivity index (χ1) is 8.20. The molecular weight excluding hydrogens is 220 g/mol. The number of rotatable bonds is 1. The highest BCUT2D eigenvalue weighted by molar-refractivity contribution is 5.74. The van der Waals surface area contributed by atoms with Gasteiger partial charge in [0.05, 0.1) is 25.4 Å². The molecule has 2 amide bonds. The Kier molecular flexibility index (Phi) is 4.23. The van der Waals surface area contributed by atoms with E-state index in [0.717, 1.165) is 25.7 Å². The Labute approximate surface area is 102 Å². The normalized spacial score (nSPS) is 30.1. The number of likely N-dealkylation sites (N-methyl/N-ethyl adjacent to an activating group) is 1. The lowest BCUT2D eigenvalue weighted by Crippen LogP contribution is -2.53. The van der Waals surface area contributed by atoms with E-state index in [1.807, 2.05) is 4.90 Å². The predicted molar refractivity (Wildman–Crippen MR) is 63.8 cm³/mol. The first-order valence-corrected chi connectivity index (χ1v) is 6.47. The van der Waals surface area contributed by atoms with E-state index < -0.39 is 0 Å². The predicted octanol–water partition coefficient (Wildman–Crippen LogP) is 0.674. The van der Waals surface area contributed by atoms with Crippen LogP contribution in [0.3, 0.4) is 0 Å². The Bertz CT molecular complexity index is 266. The van der Waals surface area contributed by atoms with Gasteiger partial charge in [0.2, 0.25) is 0 Å². The summed E-state index contributed by atoms with van der Waals surface area (Å²) >= 11 is 0. The van der Waals surface area contributed by atoms with Crippen LogP contribution in [0.5, 0.6) is 0 Å². The highest BCUT2D eigenvalue weighted by atomic mass is 16.5. The summed E-state index contributed by atoms with van der Waals surface area (Å²) in [7, 11) is 1.80. The van der Waals surface area contributed by atoms with Crippen molar-refractivity contribution in [2.45, 2.75) is 37.8 Å². The van der Waals surface area contributed by atoms with Crippen LogP contribution in [0, 0.1) is 0 Å². The van der Waals surface area contributed by atoms with Crippen molar-refractivity contribution < 1.29 is 14.6 Å². The second-order valence-electron chi connectivity index (χ2n) is 4.91. The van der Waals surface area contributed by atoms with Crippen LogP contribution in [-0.2, 0) is 4.74 Å². The van der Waals surface area contributed by atoms with E-state index in [9.17, 15) is 9.90 Å². The van der Waals surface area contributed by atoms with Gasteiger partial charge in [0, 0.05) is 20.1 Å². The van der Waals surface area contributed by atoms with Crippen LogP contribution in [0.1, 0.15) is 25.7 Å². The molecule has 2 fully saturated rings. The SMILES string of the molecule is CN(C(=O)N1CCOCC1)C1CCCCC1O. The lowest BCUT2D eigenvalue weighted by atomic mass is 9.92. The van der Waals surface area contributed by atoms with Crippen molar-refractivity contribution in [2.24, 2.45) is 0 Å². The van der Waals surface area contributed by atoms with Crippen molar-refractivity contribution in [3.05, 3.63) is 0 Å². The lowest BCUT2D eigenvalue weighted by molar-refractivity contribution is 0.0167. The highest BCUT2D eigenvalue weighted by Gasteiger charge is 2.31. The zero-order valence-corrected chi connectivity index (χ0v) is 10.5. The zero-order valence-electron chi connectivity index (χ0n) is 10.5. The fraction of sp³-hybridized carbons (Fsp3) is 0.917. The third kappa shape index (κ3) is 2.90. The number of aliphatic hydroxyl groups is 1. The Morgan fingerprint density at radius 1 is 1.29 bits per heavy atom. The number of ether oxygens (including phenoxy) is 1. The molecular formula is C12H22N2O3. The molecule has 0 aromatic heterocycles. The molecule has 2 unspecified atom stereocenters. The van der Waals surface area contributed by atoms with Gasteiger partial charge in [-0.25, -0.2) is 4.79 Å². The number of amides is 2. The second kappa shape index (κ2) is 5.69. The van der Waals surface area contributed by atoms with Gasteiger partial charge in [-0.3, -0.25) is 0 Å². The smallest absolute Gasteiger partial charge is 0.320 e. The minimum absolute atomic E-state index is 0.0147. The molecule has 2 rings (SSSR count). The number of carbonyl (C=O) groups excluding carboxylic acids is 1. The van der Waals surface area contributed by atoms with E-state index >= 15 is 0 Å². The molecule has 2 aliphatic rings. The summed E-state index contributed by atoms with van der Waals surface area (Å²) in [5, 5.41) is 9.95. The number of morpholine rings is 1. The first kappa shape index (κ1) is 12.6. The van der Waals surface area contributed by atoms with Crippen LogP contribution in [0.25, 0.3) is 0 Å². The monoisotopic (exact) mass is 242 g/mol. The van der Waals surface area contributed by atoms with E-state index in [2.05, 4.69) is 0 Å². The topological polar surface area (TPSA) is 53.0 Å². The van der Waals surface area contributed by atoms with E-state index in [-0.39, 0.29) is 18.2 Å². The van der Waals surface area contributed by atoms with Crippen molar-refractivity contribution in [3.63, 3.8) is 0 Å². The van der Waals surface area contributed by atoms with Crippen molar-refractivity contribution >= 4 is 6.03 Å². The van der Waals surface area contributed by atoms with Crippen LogP contribution in [0.2, 0.25) is 0 Å². The molecule has 1 N–H and O–H groups in total. The van der Waals surface area contributed by atoms with Crippen LogP contribution < -0.4 is 0 Å². The standard InChI is InChI=1S/C12H22N2O3/c1-13(10-4-2-3-5-11(10)15)12(16)14-6-8-17-9-7-14/h10-11,15H,2-9H2,1H3. The van der Waals surface area contributed by atoms with Gasteiger partial charge in [-0.1, -0.05) is 12.8 Å². The highest BCUT2D eigenvalue weighted by Crippen LogP contribution is 2.23. The maximum Gasteiger partial charge on any atom is 0.320 e.